The predicted molar refractivity (Wildman–Crippen MR) is 179 cm³/mol. The van der Waals surface area contributed by atoms with Crippen LogP contribution in [0.25, 0.3) is 76.5 Å². The lowest BCUT2D eigenvalue weighted by Crippen LogP contribution is -1.89. The van der Waals surface area contributed by atoms with Gasteiger partial charge in [0, 0.05) is 11.1 Å². The van der Waals surface area contributed by atoms with E-state index in [-0.39, 0.29) is 23.0 Å². The molecule has 0 saturated carbocycles. The fourth-order valence-electron chi connectivity index (χ4n) is 6.51. The minimum Gasteiger partial charge on any atom is -0.508 e. The van der Waals surface area contributed by atoms with Gasteiger partial charge >= 0.3 is 0 Å². The van der Waals surface area contributed by atoms with Crippen molar-refractivity contribution in [2.75, 3.05) is 0 Å². The molecule has 0 aromatic heterocycles. The first kappa shape index (κ1) is 25.7. The first-order valence-corrected chi connectivity index (χ1v) is 14.4. The van der Waals surface area contributed by atoms with Crippen molar-refractivity contribution in [1.82, 2.24) is 0 Å². The maximum Gasteiger partial charge on any atom is 0.124 e. The molecule has 0 aliphatic rings. The molecule has 0 fully saturated rings. The molecule has 0 radical (unpaired) electrons. The third-order valence-corrected chi connectivity index (χ3v) is 8.58. The van der Waals surface area contributed by atoms with E-state index >= 15 is 0 Å². The number of hydrogen-bond acceptors (Lipinski definition) is 4. The van der Waals surface area contributed by atoms with Crippen LogP contribution in [-0.2, 0) is 0 Å². The van der Waals surface area contributed by atoms with E-state index in [1.54, 1.807) is 36.4 Å². The van der Waals surface area contributed by atoms with Gasteiger partial charge in [-0.15, -0.1) is 0 Å². The van der Waals surface area contributed by atoms with Gasteiger partial charge in [-0.2, -0.15) is 0 Å². The summed E-state index contributed by atoms with van der Waals surface area (Å²) in [7, 11) is 0. The normalized spacial score (nSPS) is 11.5. The molecule has 8 aromatic carbocycles. The molecule has 0 heterocycles. The van der Waals surface area contributed by atoms with Crippen molar-refractivity contribution in [3.8, 4) is 56.4 Å². The maximum atomic E-state index is 11.1. The van der Waals surface area contributed by atoms with Crippen LogP contribution < -0.4 is 0 Å². The minimum atomic E-state index is 0.101. The Labute approximate surface area is 253 Å². The molecule has 8 rings (SSSR count). The molecule has 4 heteroatoms. The van der Waals surface area contributed by atoms with Crippen molar-refractivity contribution < 1.29 is 20.4 Å². The van der Waals surface area contributed by atoms with Gasteiger partial charge < -0.3 is 20.4 Å². The van der Waals surface area contributed by atoms with Crippen molar-refractivity contribution in [1.29, 1.82) is 0 Å². The second-order valence-corrected chi connectivity index (χ2v) is 11.2. The summed E-state index contributed by atoms with van der Waals surface area (Å²) in [6.45, 7) is 0. The van der Waals surface area contributed by atoms with Crippen LogP contribution in [0.15, 0.2) is 133 Å². The Morgan fingerprint density at radius 3 is 1.64 bits per heavy atom. The summed E-state index contributed by atoms with van der Waals surface area (Å²) in [5.41, 5.74) is 5.06. The molecule has 4 nitrogen and oxygen atoms in total. The van der Waals surface area contributed by atoms with E-state index in [1.165, 1.54) is 0 Å². The summed E-state index contributed by atoms with van der Waals surface area (Å²) in [6.07, 6.45) is 0. The maximum absolute atomic E-state index is 11.1. The fraction of sp³-hybridized carbons (Fsp3) is 0. The first-order chi connectivity index (χ1) is 21.4. The molecule has 0 saturated heterocycles. The molecule has 0 unspecified atom stereocenters. The monoisotopic (exact) mass is 570 g/mol. The number of hydrogen-bond donors (Lipinski definition) is 4. The molecule has 0 atom stereocenters. The number of aromatic hydroxyl groups is 4. The average molecular weight is 571 g/mol. The third kappa shape index (κ3) is 4.08. The second-order valence-electron chi connectivity index (χ2n) is 11.2. The van der Waals surface area contributed by atoms with Gasteiger partial charge in [0.1, 0.15) is 23.0 Å². The number of phenols is 4. The largest absolute Gasteiger partial charge is 0.508 e. The van der Waals surface area contributed by atoms with Crippen molar-refractivity contribution in [3.63, 3.8) is 0 Å². The van der Waals surface area contributed by atoms with Crippen LogP contribution in [0.2, 0.25) is 0 Å². The zero-order valence-electron chi connectivity index (χ0n) is 23.5. The van der Waals surface area contributed by atoms with E-state index in [9.17, 15) is 20.4 Å². The number of phenolic OH excluding ortho intramolecular Hbond substituents is 4. The Bertz CT molecular complexity index is 2440. The minimum absolute atomic E-state index is 0.101. The number of benzene rings is 8. The Morgan fingerprint density at radius 2 is 0.864 bits per heavy atom. The van der Waals surface area contributed by atoms with Gasteiger partial charge in [0.05, 0.1) is 0 Å². The molecule has 0 spiro atoms. The SMILES string of the molecule is Oc1ccc2cccc(-c3cc(-c4ccc5c(-c6c(O)ccc7ccccc67)c(O)ccc5c4)cc4ccc(O)cc34)c2c1. The molecule has 0 aliphatic carbocycles. The smallest absolute Gasteiger partial charge is 0.124 e. The standard InChI is InChI=1S/C40H26O4/c41-29-13-8-24-5-3-7-33(34(24)21-29)36-20-28(19-27-9-14-30(42)22-35(27)36)25-10-15-32-26(18-25)12-17-38(44)40(32)39-31-6-2-1-4-23(31)11-16-37(39)43/h1-22,41-44H. The lowest BCUT2D eigenvalue weighted by Gasteiger charge is -2.16. The quantitative estimate of drug-likeness (QED) is 0.170. The second kappa shape index (κ2) is 9.79. The molecule has 210 valence electrons. The summed E-state index contributed by atoms with van der Waals surface area (Å²) >= 11 is 0. The van der Waals surface area contributed by atoms with E-state index in [0.717, 1.165) is 65.3 Å². The number of fused-ring (bicyclic) bond motifs is 4. The van der Waals surface area contributed by atoms with Crippen molar-refractivity contribution in [2.45, 2.75) is 0 Å². The summed E-state index contributed by atoms with van der Waals surface area (Å²) in [5.74, 6) is 0.589. The van der Waals surface area contributed by atoms with Crippen LogP contribution in [0.4, 0.5) is 0 Å². The van der Waals surface area contributed by atoms with Gasteiger partial charge in [-0.1, -0.05) is 78.9 Å². The Kier molecular flexibility index (Phi) is 5.71. The Hall–Kier alpha value is -6.00. The Morgan fingerprint density at radius 1 is 0.318 bits per heavy atom. The highest BCUT2D eigenvalue weighted by Gasteiger charge is 2.18. The first-order valence-electron chi connectivity index (χ1n) is 14.4. The van der Waals surface area contributed by atoms with Crippen LogP contribution in [0.5, 0.6) is 23.0 Å². The third-order valence-electron chi connectivity index (χ3n) is 8.58. The zero-order chi connectivity index (χ0) is 29.9. The molecular weight excluding hydrogens is 544 g/mol. The van der Waals surface area contributed by atoms with Gasteiger partial charge in [-0.3, -0.25) is 0 Å². The highest BCUT2D eigenvalue weighted by atomic mass is 16.3. The molecule has 0 aliphatic heterocycles. The average Bonchev–Trinajstić information content (AvgIpc) is 3.04. The van der Waals surface area contributed by atoms with Crippen LogP contribution in [0.3, 0.4) is 0 Å². The molecule has 0 bridgehead atoms. The fourth-order valence-corrected chi connectivity index (χ4v) is 6.51. The zero-order valence-corrected chi connectivity index (χ0v) is 23.5. The predicted octanol–water partition coefficient (Wildman–Crippen LogP) is 10.1. The van der Waals surface area contributed by atoms with E-state index < -0.39 is 0 Å². The summed E-state index contributed by atoms with van der Waals surface area (Å²) in [6, 6.07) is 42.1. The summed E-state index contributed by atoms with van der Waals surface area (Å²) < 4.78 is 0. The molecule has 4 N–H and O–H groups in total. The van der Waals surface area contributed by atoms with Crippen LogP contribution >= 0.6 is 0 Å². The van der Waals surface area contributed by atoms with Gasteiger partial charge in [-0.05, 0) is 120 Å². The van der Waals surface area contributed by atoms with Gasteiger partial charge in [0.15, 0.2) is 0 Å². The summed E-state index contributed by atoms with van der Waals surface area (Å²) in [5, 5.41) is 50.2. The topological polar surface area (TPSA) is 80.9 Å². The van der Waals surface area contributed by atoms with E-state index in [2.05, 4.69) is 18.2 Å². The van der Waals surface area contributed by atoms with Crippen LogP contribution in [0, 0.1) is 0 Å². The van der Waals surface area contributed by atoms with E-state index in [4.69, 9.17) is 0 Å². The molecule has 0 amide bonds. The lowest BCUT2D eigenvalue weighted by molar-refractivity contribution is 0.470. The van der Waals surface area contributed by atoms with Crippen LogP contribution in [0.1, 0.15) is 0 Å². The Balaban J connectivity index is 1.36. The van der Waals surface area contributed by atoms with Crippen molar-refractivity contribution in [3.05, 3.63) is 133 Å². The van der Waals surface area contributed by atoms with E-state index in [1.807, 2.05) is 78.9 Å². The molecular formula is C40H26O4. The van der Waals surface area contributed by atoms with Gasteiger partial charge in [0.25, 0.3) is 0 Å². The lowest BCUT2D eigenvalue weighted by atomic mass is 9.88. The summed E-state index contributed by atoms with van der Waals surface area (Å²) in [4.78, 5) is 0. The molecule has 8 aromatic rings. The molecule has 44 heavy (non-hydrogen) atoms. The number of rotatable bonds is 3. The van der Waals surface area contributed by atoms with E-state index in [0.29, 0.717) is 11.1 Å². The highest BCUT2D eigenvalue weighted by molar-refractivity contribution is 6.11. The van der Waals surface area contributed by atoms with Gasteiger partial charge in [0.2, 0.25) is 0 Å². The van der Waals surface area contributed by atoms with Crippen molar-refractivity contribution in [2.24, 2.45) is 0 Å². The van der Waals surface area contributed by atoms with Gasteiger partial charge in [-0.25, -0.2) is 0 Å². The van der Waals surface area contributed by atoms with Crippen LogP contribution in [-0.4, -0.2) is 20.4 Å². The van der Waals surface area contributed by atoms with Crippen molar-refractivity contribution >= 4 is 43.1 Å². The highest BCUT2D eigenvalue weighted by Crippen LogP contribution is 2.46.